The quantitative estimate of drug-likeness (QED) is 0.567. The van der Waals surface area contributed by atoms with Gasteiger partial charge in [-0.15, -0.1) is 0 Å². The van der Waals surface area contributed by atoms with Crippen LogP contribution in [0.15, 0.2) is 0 Å². The largest absolute Gasteiger partial charge is 0.481 e. The van der Waals surface area contributed by atoms with E-state index in [9.17, 15) is 14.7 Å². The number of carboxylic acids is 2. The summed E-state index contributed by atoms with van der Waals surface area (Å²) in [5, 5.41) is 18.8. The molecule has 0 heterocycles. The summed E-state index contributed by atoms with van der Waals surface area (Å²) in [5.41, 5.74) is -1.58. The molecule has 1 unspecified atom stereocenters. The van der Waals surface area contributed by atoms with Gasteiger partial charge in [0.25, 0.3) is 0 Å². The summed E-state index contributed by atoms with van der Waals surface area (Å²) in [5.74, 6) is -1.95. The summed E-state index contributed by atoms with van der Waals surface area (Å²) in [6.45, 7) is 10.0. The van der Waals surface area contributed by atoms with E-state index in [0.29, 0.717) is 12.3 Å². The number of aliphatic carboxylic acids is 2. The van der Waals surface area contributed by atoms with Crippen molar-refractivity contribution in [3.63, 3.8) is 0 Å². The van der Waals surface area contributed by atoms with Crippen LogP contribution in [0.3, 0.4) is 0 Å². The number of carbonyl (C=O) groups is 2. The third-order valence-electron chi connectivity index (χ3n) is 4.30. The van der Waals surface area contributed by atoms with Gasteiger partial charge in [0, 0.05) is 0 Å². The summed E-state index contributed by atoms with van der Waals surface area (Å²) < 4.78 is 6.15. The highest BCUT2D eigenvalue weighted by Crippen LogP contribution is 2.34. The predicted octanol–water partition coefficient (Wildman–Crippen LogP) is 3.74. The van der Waals surface area contributed by atoms with Crippen LogP contribution in [-0.2, 0) is 14.0 Å². The highest BCUT2D eigenvalue weighted by molar-refractivity contribution is 6.73. The summed E-state index contributed by atoms with van der Waals surface area (Å²) in [4.78, 5) is 23.0. The molecule has 0 saturated heterocycles. The molecule has 0 saturated carbocycles. The molecule has 0 aromatic heterocycles. The molecule has 0 aromatic rings. The molecule has 0 rings (SSSR count). The van der Waals surface area contributed by atoms with Crippen molar-refractivity contribution >= 4 is 20.3 Å². The van der Waals surface area contributed by atoms with E-state index in [-0.39, 0.29) is 6.42 Å². The monoisotopic (exact) mass is 318 g/mol. The van der Waals surface area contributed by atoms with Crippen LogP contribution in [0.2, 0.25) is 18.1 Å². The van der Waals surface area contributed by atoms with Gasteiger partial charge in [0.15, 0.2) is 13.9 Å². The molecule has 0 amide bonds. The molecular formula is C15H30O5Si. The summed E-state index contributed by atoms with van der Waals surface area (Å²) in [6, 6.07) is 2.41. The van der Waals surface area contributed by atoms with Gasteiger partial charge in [0.05, 0.1) is 6.42 Å². The Kier molecular flexibility index (Phi) is 8.17. The Morgan fingerprint density at radius 1 is 1.10 bits per heavy atom. The van der Waals surface area contributed by atoms with Crippen LogP contribution in [0, 0.1) is 5.92 Å². The van der Waals surface area contributed by atoms with Gasteiger partial charge in [-0.05, 0) is 36.9 Å². The molecule has 0 aliphatic heterocycles. The first-order chi connectivity index (χ1) is 9.67. The third kappa shape index (κ3) is 5.78. The second-order valence-electron chi connectivity index (χ2n) is 6.15. The lowest BCUT2D eigenvalue weighted by molar-refractivity contribution is -0.164. The fraction of sp³-hybridized carbons (Fsp3) is 0.867. The van der Waals surface area contributed by atoms with Gasteiger partial charge in [0.2, 0.25) is 0 Å². The van der Waals surface area contributed by atoms with E-state index in [2.05, 4.69) is 0 Å². The fourth-order valence-electron chi connectivity index (χ4n) is 2.55. The van der Waals surface area contributed by atoms with E-state index in [1.165, 1.54) is 0 Å². The topological polar surface area (TPSA) is 83.8 Å². The zero-order valence-electron chi connectivity index (χ0n) is 13.9. The van der Waals surface area contributed by atoms with Crippen LogP contribution in [0.25, 0.3) is 0 Å². The zero-order chi connectivity index (χ0) is 16.7. The first kappa shape index (κ1) is 20.1. The molecule has 5 nitrogen and oxygen atoms in total. The fourth-order valence-corrected chi connectivity index (χ4v) is 5.57. The van der Waals surface area contributed by atoms with Gasteiger partial charge in [-0.25, -0.2) is 4.79 Å². The summed E-state index contributed by atoms with van der Waals surface area (Å²) >= 11 is 0. The van der Waals surface area contributed by atoms with Gasteiger partial charge in [0.1, 0.15) is 0 Å². The number of rotatable bonds is 11. The number of hydrogen-bond donors (Lipinski definition) is 2. The van der Waals surface area contributed by atoms with Crippen LogP contribution < -0.4 is 0 Å². The highest BCUT2D eigenvalue weighted by atomic mass is 28.4. The molecule has 0 spiro atoms. The Balaban J connectivity index is 5.52. The second kappa shape index (κ2) is 8.53. The van der Waals surface area contributed by atoms with Crippen molar-refractivity contribution in [1.29, 1.82) is 0 Å². The normalized spacial score (nSPS) is 15.0. The molecule has 0 aromatic carbocycles. The minimum atomic E-state index is -2.20. The van der Waals surface area contributed by atoms with Crippen molar-refractivity contribution in [2.45, 2.75) is 77.6 Å². The van der Waals surface area contributed by atoms with E-state index >= 15 is 0 Å². The second-order valence-corrected chi connectivity index (χ2v) is 10.8. The van der Waals surface area contributed by atoms with E-state index in [1.54, 1.807) is 0 Å². The Hall–Kier alpha value is -0.883. The summed E-state index contributed by atoms with van der Waals surface area (Å²) in [7, 11) is -2.20. The average Bonchev–Trinajstić information content (AvgIpc) is 2.41. The predicted molar refractivity (Wildman–Crippen MR) is 85.0 cm³/mol. The minimum absolute atomic E-state index is 0.251. The maximum Gasteiger partial charge on any atom is 0.335 e. The van der Waals surface area contributed by atoms with Crippen molar-refractivity contribution in [3.8, 4) is 0 Å². The Bertz CT molecular complexity index is 344. The third-order valence-corrected chi connectivity index (χ3v) is 8.99. The Morgan fingerprint density at radius 3 is 1.86 bits per heavy atom. The molecular weight excluding hydrogens is 288 g/mol. The molecule has 0 aliphatic rings. The molecule has 6 heteroatoms. The van der Waals surface area contributed by atoms with Crippen molar-refractivity contribution < 1.29 is 24.2 Å². The van der Waals surface area contributed by atoms with Gasteiger partial charge < -0.3 is 14.6 Å². The molecule has 0 radical (unpaired) electrons. The Labute approximate surface area is 128 Å². The highest BCUT2D eigenvalue weighted by Gasteiger charge is 2.47. The lowest BCUT2D eigenvalue weighted by Crippen LogP contribution is -2.53. The van der Waals surface area contributed by atoms with Gasteiger partial charge in [-0.3, -0.25) is 4.79 Å². The lowest BCUT2D eigenvalue weighted by atomic mass is 9.90. The lowest BCUT2D eigenvalue weighted by Gasteiger charge is -2.39. The van der Waals surface area contributed by atoms with E-state index in [1.807, 2.05) is 34.6 Å². The van der Waals surface area contributed by atoms with E-state index in [4.69, 9.17) is 9.53 Å². The zero-order valence-corrected chi connectivity index (χ0v) is 14.9. The Morgan fingerprint density at radius 2 is 1.57 bits per heavy atom. The van der Waals surface area contributed by atoms with Crippen LogP contribution in [-0.4, -0.2) is 36.1 Å². The van der Waals surface area contributed by atoms with Crippen molar-refractivity contribution in [2.75, 3.05) is 0 Å². The molecule has 1 atom stereocenters. The first-order valence-electron chi connectivity index (χ1n) is 7.82. The number of hydrogen-bond acceptors (Lipinski definition) is 3. The first-order valence-corrected chi connectivity index (χ1v) is 10.3. The molecule has 124 valence electrons. The maximum atomic E-state index is 11.8. The van der Waals surface area contributed by atoms with Crippen molar-refractivity contribution in [1.82, 2.24) is 0 Å². The minimum Gasteiger partial charge on any atom is -0.481 e. The van der Waals surface area contributed by atoms with Crippen LogP contribution in [0.1, 0.15) is 53.9 Å². The summed E-state index contributed by atoms with van der Waals surface area (Å²) in [6.07, 6.45) is 0.423. The molecule has 0 bridgehead atoms. The van der Waals surface area contributed by atoms with E-state index in [0.717, 1.165) is 18.1 Å². The van der Waals surface area contributed by atoms with Gasteiger partial charge in [-0.1, -0.05) is 34.6 Å². The van der Waals surface area contributed by atoms with Crippen molar-refractivity contribution in [3.05, 3.63) is 0 Å². The maximum absolute atomic E-state index is 11.8. The van der Waals surface area contributed by atoms with Crippen LogP contribution >= 0.6 is 0 Å². The molecule has 0 fully saturated rings. The van der Waals surface area contributed by atoms with E-state index < -0.39 is 32.3 Å². The smallest absolute Gasteiger partial charge is 0.335 e. The van der Waals surface area contributed by atoms with Crippen LogP contribution in [0.4, 0.5) is 0 Å². The standard InChI is InChI=1S/C15H30O5Si/c1-6-21(7-2,8-3)20-15(14(18)19,11-13(16)17)10-9-12(4)5/h12H,6-11H2,1-5H3,(H,16,17)(H,18,19). The number of carboxylic acid groups (broad SMARTS) is 2. The van der Waals surface area contributed by atoms with Gasteiger partial charge >= 0.3 is 11.9 Å². The molecule has 0 aliphatic carbocycles. The molecule has 21 heavy (non-hydrogen) atoms. The SMILES string of the molecule is CC[Si](CC)(CC)OC(CCC(C)C)(CC(=O)O)C(=O)O. The van der Waals surface area contributed by atoms with Gasteiger partial charge in [-0.2, -0.15) is 0 Å². The van der Waals surface area contributed by atoms with Crippen molar-refractivity contribution in [2.24, 2.45) is 5.92 Å². The molecule has 2 N–H and O–H groups in total. The average molecular weight is 318 g/mol. The van der Waals surface area contributed by atoms with Crippen LogP contribution in [0.5, 0.6) is 0 Å².